The van der Waals surface area contributed by atoms with Gasteiger partial charge in [0.25, 0.3) is 0 Å². The van der Waals surface area contributed by atoms with Gasteiger partial charge in [-0.25, -0.2) is 8.42 Å². The molecule has 0 aliphatic heterocycles. The lowest BCUT2D eigenvalue weighted by molar-refractivity contribution is -0.122. The standard InChI is InChI=1S/C24H26N2O3S/c1-18-8-12-21(13-9-18)17-25-24(27)23(16-20-6-4-3-5-7-20)26-30(28,29)22-14-10-19(2)11-15-22/h3-15,23,26H,16-17H2,1-2H3,(H,25,27). The molecule has 6 heteroatoms. The molecular weight excluding hydrogens is 396 g/mol. The summed E-state index contributed by atoms with van der Waals surface area (Å²) in [6.45, 7) is 4.22. The fraction of sp³-hybridized carbons (Fsp3) is 0.208. The number of benzene rings is 3. The van der Waals surface area contributed by atoms with Gasteiger partial charge < -0.3 is 5.32 Å². The van der Waals surface area contributed by atoms with E-state index in [-0.39, 0.29) is 17.2 Å². The number of amides is 1. The molecule has 0 heterocycles. The average Bonchev–Trinajstić information content (AvgIpc) is 2.73. The van der Waals surface area contributed by atoms with E-state index in [0.29, 0.717) is 6.54 Å². The molecule has 0 spiro atoms. The van der Waals surface area contributed by atoms with Crippen molar-refractivity contribution in [1.29, 1.82) is 0 Å². The minimum atomic E-state index is -3.84. The third kappa shape index (κ3) is 6.02. The highest BCUT2D eigenvalue weighted by atomic mass is 32.2. The smallest absolute Gasteiger partial charge is 0.241 e. The van der Waals surface area contributed by atoms with E-state index in [2.05, 4.69) is 10.0 Å². The van der Waals surface area contributed by atoms with Crippen LogP contribution in [0.1, 0.15) is 22.3 Å². The number of hydrogen-bond acceptors (Lipinski definition) is 3. The van der Waals surface area contributed by atoms with Crippen molar-refractivity contribution in [2.45, 2.75) is 37.8 Å². The quantitative estimate of drug-likeness (QED) is 0.583. The van der Waals surface area contributed by atoms with Crippen molar-refractivity contribution in [3.05, 3.63) is 101 Å². The van der Waals surface area contributed by atoms with Gasteiger partial charge in [0, 0.05) is 6.54 Å². The second-order valence-corrected chi connectivity index (χ2v) is 9.09. The molecule has 0 saturated heterocycles. The molecule has 1 unspecified atom stereocenters. The molecule has 2 N–H and O–H groups in total. The Bertz CT molecular complexity index is 1080. The molecule has 0 aliphatic carbocycles. The van der Waals surface area contributed by atoms with Gasteiger partial charge in [0.15, 0.2) is 0 Å². The lowest BCUT2D eigenvalue weighted by Crippen LogP contribution is -2.47. The first-order valence-electron chi connectivity index (χ1n) is 9.80. The minimum absolute atomic E-state index is 0.137. The van der Waals surface area contributed by atoms with Gasteiger partial charge in [0.2, 0.25) is 15.9 Å². The first kappa shape index (κ1) is 21.7. The molecule has 0 aliphatic rings. The zero-order valence-corrected chi connectivity index (χ0v) is 17.9. The van der Waals surface area contributed by atoms with Crippen LogP contribution >= 0.6 is 0 Å². The van der Waals surface area contributed by atoms with Crippen molar-refractivity contribution in [1.82, 2.24) is 10.0 Å². The molecule has 0 bridgehead atoms. The van der Waals surface area contributed by atoms with E-state index in [0.717, 1.165) is 22.3 Å². The summed E-state index contributed by atoms with van der Waals surface area (Å²) in [6.07, 6.45) is 0.256. The van der Waals surface area contributed by atoms with Gasteiger partial charge in [0.1, 0.15) is 6.04 Å². The Kier molecular flexibility index (Phi) is 7.03. The van der Waals surface area contributed by atoms with E-state index in [9.17, 15) is 13.2 Å². The summed E-state index contributed by atoms with van der Waals surface area (Å²) in [5.41, 5.74) is 3.93. The molecule has 0 fully saturated rings. The van der Waals surface area contributed by atoms with Crippen LogP contribution in [0.15, 0.2) is 83.8 Å². The van der Waals surface area contributed by atoms with E-state index < -0.39 is 16.1 Å². The van der Waals surface area contributed by atoms with Gasteiger partial charge in [-0.3, -0.25) is 4.79 Å². The molecule has 3 rings (SSSR count). The summed E-state index contributed by atoms with van der Waals surface area (Å²) in [5.74, 6) is -0.366. The Morgan fingerprint density at radius 3 is 1.97 bits per heavy atom. The molecule has 1 amide bonds. The first-order valence-corrected chi connectivity index (χ1v) is 11.3. The predicted molar refractivity (Wildman–Crippen MR) is 118 cm³/mol. The Morgan fingerprint density at radius 2 is 1.37 bits per heavy atom. The third-order valence-corrected chi connectivity index (χ3v) is 6.30. The van der Waals surface area contributed by atoms with Crippen molar-refractivity contribution in [2.24, 2.45) is 0 Å². The zero-order chi connectivity index (χ0) is 21.6. The fourth-order valence-corrected chi connectivity index (χ4v) is 4.22. The molecule has 0 aromatic heterocycles. The SMILES string of the molecule is Cc1ccc(CNC(=O)C(Cc2ccccc2)NS(=O)(=O)c2ccc(C)cc2)cc1. The van der Waals surface area contributed by atoms with Crippen LogP contribution in [0.2, 0.25) is 0 Å². The number of carbonyl (C=O) groups excluding carboxylic acids is 1. The van der Waals surface area contributed by atoms with Gasteiger partial charge in [-0.1, -0.05) is 77.9 Å². The van der Waals surface area contributed by atoms with Crippen LogP contribution < -0.4 is 10.0 Å². The number of aryl methyl sites for hydroxylation is 2. The highest BCUT2D eigenvalue weighted by Crippen LogP contribution is 2.13. The van der Waals surface area contributed by atoms with Crippen LogP contribution in [0.25, 0.3) is 0 Å². The van der Waals surface area contributed by atoms with Crippen LogP contribution in [-0.4, -0.2) is 20.4 Å². The largest absolute Gasteiger partial charge is 0.351 e. The number of sulfonamides is 1. The van der Waals surface area contributed by atoms with Gasteiger partial charge in [-0.05, 0) is 43.5 Å². The third-order valence-electron chi connectivity index (χ3n) is 4.82. The molecule has 3 aromatic carbocycles. The first-order chi connectivity index (χ1) is 14.3. The lowest BCUT2D eigenvalue weighted by atomic mass is 10.1. The molecule has 5 nitrogen and oxygen atoms in total. The van der Waals surface area contributed by atoms with Crippen LogP contribution in [0.4, 0.5) is 0 Å². The van der Waals surface area contributed by atoms with Crippen LogP contribution in [-0.2, 0) is 27.8 Å². The topological polar surface area (TPSA) is 75.3 Å². The maximum absolute atomic E-state index is 12.9. The molecule has 0 saturated carbocycles. The summed E-state index contributed by atoms with van der Waals surface area (Å²) in [7, 11) is -3.84. The molecule has 3 aromatic rings. The molecule has 0 radical (unpaired) electrons. The normalized spacial score (nSPS) is 12.3. The molecule has 1 atom stereocenters. The maximum atomic E-state index is 12.9. The fourth-order valence-electron chi connectivity index (χ4n) is 3.03. The molecule has 30 heavy (non-hydrogen) atoms. The van der Waals surface area contributed by atoms with Crippen LogP contribution in [0, 0.1) is 13.8 Å². The highest BCUT2D eigenvalue weighted by Gasteiger charge is 2.26. The zero-order valence-electron chi connectivity index (χ0n) is 17.1. The maximum Gasteiger partial charge on any atom is 0.241 e. The second kappa shape index (κ2) is 9.69. The van der Waals surface area contributed by atoms with Crippen molar-refractivity contribution >= 4 is 15.9 Å². The molecular formula is C24H26N2O3S. The van der Waals surface area contributed by atoms with Crippen LogP contribution in [0.3, 0.4) is 0 Å². The van der Waals surface area contributed by atoms with E-state index in [1.54, 1.807) is 24.3 Å². The Morgan fingerprint density at radius 1 is 0.800 bits per heavy atom. The average molecular weight is 423 g/mol. The number of nitrogens with one attached hydrogen (secondary N) is 2. The van der Waals surface area contributed by atoms with Gasteiger partial charge in [0.05, 0.1) is 4.90 Å². The van der Waals surface area contributed by atoms with E-state index in [1.165, 1.54) is 0 Å². The Hall–Kier alpha value is -2.96. The number of hydrogen-bond donors (Lipinski definition) is 2. The summed E-state index contributed by atoms with van der Waals surface area (Å²) in [4.78, 5) is 13.0. The number of rotatable bonds is 8. The minimum Gasteiger partial charge on any atom is -0.351 e. The summed E-state index contributed by atoms with van der Waals surface area (Å²) in [6, 6.07) is 22.8. The van der Waals surface area contributed by atoms with E-state index in [4.69, 9.17) is 0 Å². The van der Waals surface area contributed by atoms with Gasteiger partial charge in [-0.15, -0.1) is 0 Å². The second-order valence-electron chi connectivity index (χ2n) is 7.38. The van der Waals surface area contributed by atoms with Gasteiger partial charge in [-0.2, -0.15) is 4.72 Å². The summed E-state index contributed by atoms with van der Waals surface area (Å²) < 4.78 is 28.3. The predicted octanol–water partition coefficient (Wildman–Crippen LogP) is 3.51. The summed E-state index contributed by atoms with van der Waals surface area (Å²) >= 11 is 0. The highest BCUT2D eigenvalue weighted by molar-refractivity contribution is 7.89. The van der Waals surface area contributed by atoms with Crippen molar-refractivity contribution in [2.75, 3.05) is 0 Å². The summed E-state index contributed by atoms with van der Waals surface area (Å²) in [5, 5.41) is 2.86. The lowest BCUT2D eigenvalue weighted by Gasteiger charge is -2.19. The van der Waals surface area contributed by atoms with Crippen molar-refractivity contribution in [3.63, 3.8) is 0 Å². The van der Waals surface area contributed by atoms with Gasteiger partial charge >= 0.3 is 0 Å². The van der Waals surface area contributed by atoms with Crippen molar-refractivity contribution < 1.29 is 13.2 Å². The monoisotopic (exact) mass is 422 g/mol. The van der Waals surface area contributed by atoms with Crippen LogP contribution in [0.5, 0.6) is 0 Å². The molecule has 156 valence electrons. The van der Waals surface area contributed by atoms with E-state index in [1.807, 2.05) is 68.4 Å². The Labute approximate surface area is 178 Å². The van der Waals surface area contributed by atoms with E-state index >= 15 is 0 Å². The number of carbonyl (C=O) groups is 1. The Balaban J connectivity index is 1.77. The van der Waals surface area contributed by atoms with Crippen molar-refractivity contribution in [3.8, 4) is 0 Å².